The molecule has 0 aliphatic carbocycles. The van der Waals surface area contributed by atoms with E-state index in [0.29, 0.717) is 0 Å². The van der Waals surface area contributed by atoms with E-state index in [0.717, 1.165) is 60.6 Å². The molecular formula is C54H37N2OP. The van der Waals surface area contributed by atoms with Crippen LogP contribution in [0.2, 0.25) is 0 Å². The van der Waals surface area contributed by atoms with Gasteiger partial charge in [0.05, 0.1) is 22.1 Å². The van der Waals surface area contributed by atoms with Gasteiger partial charge < -0.3 is 13.7 Å². The summed E-state index contributed by atoms with van der Waals surface area (Å²) < 4.78 is 20.0. The average molecular weight is 761 g/mol. The lowest BCUT2D eigenvalue weighted by molar-refractivity contribution is 0.592. The van der Waals surface area contributed by atoms with Gasteiger partial charge in [0.1, 0.15) is 0 Å². The number of hydrogen-bond acceptors (Lipinski definition) is 1. The Balaban J connectivity index is 1.06. The summed E-state index contributed by atoms with van der Waals surface area (Å²) >= 11 is 0. The molecule has 0 bridgehead atoms. The second-order valence-electron chi connectivity index (χ2n) is 14.9. The van der Waals surface area contributed by atoms with Crippen LogP contribution in [0.5, 0.6) is 0 Å². The molecule has 274 valence electrons. The highest BCUT2D eigenvalue weighted by molar-refractivity contribution is 7.85. The number of nitrogens with zero attached hydrogens (tertiary/aromatic N) is 2. The van der Waals surface area contributed by atoms with Crippen molar-refractivity contribution in [2.24, 2.45) is 0 Å². The first-order valence-electron chi connectivity index (χ1n) is 19.7. The number of hydrogen-bond donors (Lipinski definition) is 0. The minimum atomic E-state index is -3.12. The van der Waals surface area contributed by atoms with Crippen molar-refractivity contribution in [3.63, 3.8) is 0 Å². The van der Waals surface area contributed by atoms with Gasteiger partial charge in [0.25, 0.3) is 0 Å². The highest BCUT2D eigenvalue weighted by Gasteiger charge is 2.30. The maximum Gasteiger partial charge on any atom is 0.171 e. The van der Waals surface area contributed by atoms with Gasteiger partial charge in [-0.15, -0.1) is 0 Å². The van der Waals surface area contributed by atoms with E-state index in [4.69, 9.17) is 0 Å². The Labute approximate surface area is 337 Å². The van der Waals surface area contributed by atoms with Crippen molar-refractivity contribution in [2.75, 3.05) is 0 Å². The Bertz CT molecular complexity index is 3270. The van der Waals surface area contributed by atoms with Crippen molar-refractivity contribution in [2.45, 2.75) is 0 Å². The van der Waals surface area contributed by atoms with Crippen molar-refractivity contribution in [1.29, 1.82) is 0 Å². The van der Waals surface area contributed by atoms with Crippen molar-refractivity contribution in [3.8, 4) is 33.6 Å². The third kappa shape index (κ3) is 5.47. The number of aromatic nitrogens is 2. The Hall–Kier alpha value is -7.19. The minimum absolute atomic E-state index is 0.821. The fraction of sp³-hybridized carbons (Fsp3) is 0. The van der Waals surface area contributed by atoms with Crippen LogP contribution < -0.4 is 15.9 Å². The Kier molecular flexibility index (Phi) is 8.10. The van der Waals surface area contributed by atoms with E-state index in [-0.39, 0.29) is 0 Å². The van der Waals surface area contributed by atoms with E-state index in [1.165, 1.54) is 32.6 Å². The quantitative estimate of drug-likeness (QED) is 0.149. The lowest BCUT2D eigenvalue weighted by atomic mass is 9.98. The first-order chi connectivity index (χ1) is 28.6. The van der Waals surface area contributed by atoms with Crippen molar-refractivity contribution >= 4 is 66.7 Å². The van der Waals surface area contributed by atoms with E-state index in [9.17, 15) is 0 Å². The zero-order valence-electron chi connectivity index (χ0n) is 31.6. The summed E-state index contributed by atoms with van der Waals surface area (Å²) in [6.07, 6.45) is 0. The fourth-order valence-corrected chi connectivity index (χ4v) is 11.6. The molecule has 0 fully saturated rings. The summed E-state index contributed by atoms with van der Waals surface area (Å²) in [5, 5.41) is 7.37. The van der Waals surface area contributed by atoms with E-state index < -0.39 is 7.14 Å². The van der Waals surface area contributed by atoms with Crippen LogP contribution in [-0.4, -0.2) is 9.13 Å². The smallest absolute Gasteiger partial charge is 0.171 e. The fourth-order valence-electron chi connectivity index (χ4n) is 8.87. The van der Waals surface area contributed by atoms with Crippen LogP contribution in [0.25, 0.3) is 77.2 Å². The third-order valence-electron chi connectivity index (χ3n) is 11.6. The Morgan fingerprint density at radius 2 is 0.707 bits per heavy atom. The van der Waals surface area contributed by atoms with Crippen molar-refractivity contribution < 1.29 is 4.57 Å². The molecule has 0 spiro atoms. The van der Waals surface area contributed by atoms with Crippen LogP contribution >= 0.6 is 7.14 Å². The molecule has 3 nitrogen and oxygen atoms in total. The van der Waals surface area contributed by atoms with Gasteiger partial charge in [-0.1, -0.05) is 158 Å². The SMILES string of the molecule is O=P(c1ccccc1)(c1ccccc1)c1cccc(-c2cccc(-c3ccc4c(c3)c3cc(-n5c6ccccc6c6ccccc65)ccc3n4-c3ccccc3)c2)c1. The van der Waals surface area contributed by atoms with Crippen LogP contribution in [0.4, 0.5) is 0 Å². The summed E-state index contributed by atoms with van der Waals surface area (Å²) in [5.74, 6) is 0. The molecule has 4 heteroatoms. The predicted octanol–water partition coefficient (Wildman–Crippen LogP) is 12.9. The zero-order chi connectivity index (χ0) is 38.6. The molecular weight excluding hydrogens is 724 g/mol. The molecule has 0 radical (unpaired) electrons. The lowest BCUT2D eigenvalue weighted by Gasteiger charge is -2.20. The number of fused-ring (bicyclic) bond motifs is 6. The molecule has 58 heavy (non-hydrogen) atoms. The topological polar surface area (TPSA) is 26.9 Å². The maximum atomic E-state index is 15.3. The van der Waals surface area contributed by atoms with Gasteiger partial charge in [0.2, 0.25) is 0 Å². The molecule has 2 aromatic heterocycles. The number of benzene rings is 9. The predicted molar refractivity (Wildman–Crippen MR) is 245 cm³/mol. The van der Waals surface area contributed by atoms with Gasteiger partial charge in [0, 0.05) is 48.8 Å². The molecule has 0 atom stereocenters. The van der Waals surface area contributed by atoms with Crippen LogP contribution in [0.3, 0.4) is 0 Å². The van der Waals surface area contributed by atoms with Crippen LogP contribution in [0.1, 0.15) is 0 Å². The monoisotopic (exact) mass is 760 g/mol. The molecule has 0 saturated heterocycles. The second kappa shape index (κ2) is 13.8. The van der Waals surface area contributed by atoms with E-state index >= 15 is 4.57 Å². The van der Waals surface area contributed by atoms with Gasteiger partial charge >= 0.3 is 0 Å². The standard InChI is InChI=1S/C54H37N2OP/c57-58(44-21-6-2-7-22-44,45-23-8-3-9-24-45)46-25-15-18-40(35-46)38-16-14-17-39(34-38)41-30-32-53-49(36-41)50-37-43(31-33-54(50)55(53)42-19-4-1-5-20-42)56-51-28-12-10-26-47(51)48-27-11-13-29-52(48)56/h1-37H. The lowest BCUT2D eigenvalue weighted by Crippen LogP contribution is -2.25. The zero-order valence-corrected chi connectivity index (χ0v) is 32.5. The summed E-state index contributed by atoms with van der Waals surface area (Å²) in [6.45, 7) is 0. The van der Waals surface area contributed by atoms with E-state index in [1.54, 1.807) is 0 Å². The van der Waals surface area contributed by atoms with Crippen LogP contribution in [0.15, 0.2) is 224 Å². The van der Waals surface area contributed by atoms with Gasteiger partial charge in [-0.3, -0.25) is 0 Å². The average Bonchev–Trinajstić information content (AvgIpc) is 3.82. The van der Waals surface area contributed by atoms with E-state index in [1.807, 2.05) is 72.8 Å². The molecule has 0 aliphatic rings. The molecule has 9 aromatic carbocycles. The van der Waals surface area contributed by atoms with Gasteiger partial charge in [-0.2, -0.15) is 0 Å². The largest absolute Gasteiger partial charge is 0.309 e. The minimum Gasteiger partial charge on any atom is -0.309 e. The second-order valence-corrected chi connectivity index (χ2v) is 17.7. The number of para-hydroxylation sites is 3. The Morgan fingerprint density at radius 1 is 0.276 bits per heavy atom. The Morgan fingerprint density at radius 3 is 1.33 bits per heavy atom. The van der Waals surface area contributed by atoms with E-state index in [2.05, 4.69) is 161 Å². The highest BCUT2D eigenvalue weighted by atomic mass is 31.2. The van der Waals surface area contributed by atoms with Crippen molar-refractivity contribution in [3.05, 3.63) is 224 Å². The third-order valence-corrected chi connectivity index (χ3v) is 14.6. The number of rotatable bonds is 7. The first-order valence-corrected chi connectivity index (χ1v) is 21.4. The first kappa shape index (κ1) is 34.1. The summed E-state index contributed by atoms with van der Waals surface area (Å²) in [7, 11) is -3.12. The summed E-state index contributed by atoms with van der Waals surface area (Å²) in [6, 6.07) is 78.5. The molecule has 0 aliphatic heterocycles. The molecule has 0 saturated carbocycles. The molecule has 0 unspecified atom stereocenters. The summed E-state index contributed by atoms with van der Waals surface area (Å²) in [4.78, 5) is 0. The molecule has 2 heterocycles. The van der Waals surface area contributed by atoms with Gasteiger partial charge in [0.15, 0.2) is 7.14 Å². The van der Waals surface area contributed by atoms with Crippen LogP contribution in [0, 0.1) is 0 Å². The highest BCUT2D eigenvalue weighted by Crippen LogP contribution is 2.44. The van der Waals surface area contributed by atoms with Crippen LogP contribution in [-0.2, 0) is 4.57 Å². The molecule has 0 amide bonds. The molecule has 0 N–H and O–H groups in total. The normalized spacial score (nSPS) is 11.9. The maximum absolute atomic E-state index is 15.3. The van der Waals surface area contributed by atoms with Crippen molar-refractivity contribution in [1.82, 2.24) is 9.13 Å². The van der Waals surface area contributed by atoms with Gasteiger partial charge in [-0.05, 0) is 89.0 Å². The summed E-state index contributed by atoms with van der Waals surface area (Å²) in [5.41, 5.74) is 11.3. The van der Waals surface area contributed by atoms with Gasteiger partial charge in [-0.25, -0.2) is 0 Å². The molecule has 11 rings (SSSR count). The molecule has 11 aromatic rings.